The van der Waals surface area contributed by atoms with Crippen LogP contribution in [0.2, 0.25) is 0 Å². The summed E-state index contributed by atoms with van der Waals surface area (Å²) >= 11 is 3.36. The molecule has 0 bridgehead atoms. The van der Waals surface area contributed by atoms with Gasteiger partial charge in [0.1, 0.15) is 4.83 Å². The van der Waals surface area contributed by atoms with E-state index in [2.05, 4.69) is 42.5 Å². The molecule has 3 aromatic carbocycles. The molecule has 5 aromatic rings. The first kappa shape index (κ1) is 19.8. The average Bonchev–Trinajstić information content (AvgIpc) is 3.22. The normalized spacial score (nSPS) is 13.5. The Bertz CT molecular complexity index is 1500. The van der Waals surface area contributed by atoms with E-state index in [1.807, 2.05) is 34.9 Å². The molecule has 2 heterocycles. The van der Waals surface area contributed by atoms with Gasteiger partial charge in [0.2, 0.25) is 0 Å². The zero-order valence-corrected chi connectivity index (χ0v) is 19.2. The third-order valence-corrected chi connectivity index (χ3v) is 8.38. The lowest BCUT2D eigenvalue weighted by molar-refractivity contribution is 0.699. The zero-order valence-electron chi connectivity index (χ0n) is 17.6. The van der Waals surface area contributed by atoms with Crippen molar-refractivity contribution >= 4 is 44.1 Å². The minimum atomic E-state index is 0.0704. The van der Waals surface area contributed by atoms with Gasteiger partial charge in [-0.15, -0.1) is 11.3 Å². The van der Waals surface area contributed by atoms with Gasteiger partial charge in [-0.2, -0.15) is 0 Å². The maximum atomic E-state index is 13.8. The van der Waals surface area contributed by atoms with Crippen molar-refractivity contribution in [3.63, 3.8) is 0 Å². The molecular weight excluding hydrogens is 432 g/mol. The van der Waals surface area contributed by atoms with E-state index in [9.17, 15) is 4.79 Å². The van der Waals surface area contributed by atoms with Gasteiger partial charge in [0.25, 0.3) is 5.56 Å². The number of fused-ring (bicyclic) bond motifs is 4. The van der Waals surface area contributed by atoms with Crippen LogP contribution in [0.25, 0.3) is 26.7 Å². The van der Waals surface area contributed by atoms with Gasteiger partial charge >= 0.3 is 0 Å². The van der Waals surface area contributed by atoms with Gasteiger partial charge in [0.15, 0.2) is 5.16 Å². The third kappa shape index (κ3) is 3.37. The summed E-state index contributed by atoms with van der Waals surface area (Å²) < 4.78 is 1.82. The lowest BCUT2D eigenvalue weighted by Crippen LogP contribution is -2.22. The average molecular weight is 455 g/mol. The van der Waals surface area contributed by atoms with Crippen LogP contribution in [-0.4, -0.2) is 9.55 Å². The van der Waals surface area contributed by atoms with Gasteiger partial charge in [-0.3, -0.25) is 9.36 Å². The van der Waals surface area contributed by atoms with Crippen LogP contribution in [0.3, 0.4) is 0 Å². The minimum Gasteiger partial charge on any atom is -0.268 e. The van der Waals surface area contributed by atoms with Crippen molar-refractivity contribution < 1.29 is 0 Å². The van der Waals surface area contributed by atoms with Crippen molar-refractivity contribution in [2.24, 2.45) is 0 Å². The number of thiophene rings is 1. The van der Waals surface area contributed by atoms with Crippen LogP contribution in [0.4, 0.5) is 0 Å². The molecule has 32 heavy (non-hydrogen) atoms. The van der Waals surface area contributed by atoms with Gasteiger partial charge in [-0.05, 0) is 59.7 Å². The van der Waals surface area contributed by atoms with Crippen LogP contribution >= 0.6 is 23.1 Å². The number of benzene rings is 3. The Morgan fingerprint density at radius 1 is 0.906 bits per heavy atom. The molecular formula is C27H22N2OS2. The summed E-state index contributed by atoms with van der Waals surface area (Å²) in [5.41, 5.74) is 3.45. The lowest BCUT2D eigenvalue weighted by atomic mass is 9.97. The van der Waals surface area contributed by atoms with Gasteiger partial charge < -0.3 is 0 Å². The van der Waals surface area contributed by atoms with Gasteiger partial charge in [0.05, 0.1) is 11.1 Å². The highest BCUT2D eigenvalue weighted by Crippen LogP contribution is 2.36. The number of rotatable bonds is 4. The molecule has 1 aliphatic rings. The van der Waals surface area contributed by atoms with E-state index < -0.39 is 0 Å². The van der Waals surface area contributed by atoms with E-state index in [1.54, 1.807) is 23.1 Å². The highest BCUT2D eigenvalue weighted by molar-refractivity contribution is 7.98. The number of para-hydroxylation sites is 1. The summed E-state index contributed by atoms with van der Waals surface area (Å²) in [6.45, 7) is 0. The van der Waals surface area contributed by atoms with Crippen molar-refractivity contribution in [3.05, 3.63) is 99.2 Å². The second-order valence-electron chi connectivity index (χ2n) is 8.19. The van der Waals surface area contributed by atoms with Crippen LogP contribution in [0.1, 0.15) is 28.8 Å². The van der Waals surface area contributed by atoms with Crippen LogP contribution < -0.4 is 5.56 Å². The molecule has 0 unspecified atom stereocenters. The highest BCUT2D eigenvalue weighted by atomic mass is 32.2. The van der Waals surface area contributed by atoms with Crippen LogP contribution in [0, 0.1) is 0 Å². The summed E-state index contributed by atoms with van der Waals surface area (Å²) in [5, 5.41) is 4.09. The van der Waals surface area contributed by atoms with Crippen molar-refractivity contribution in [3.8, 4) is 5.69 Å². The Kier molecular flexibility index (Phi) is 5.08. The fourth-order valence-electron chi connectivity index (χ4n) is 4.65. The number of nitrogens with zero attached hydrogens (tertiary/aromatic N) is 2. The minimum absolute atomic E-state index is 0.0704. The molecule has 0 atom stereocenters. The Labute approximate surface area is 194 Å². The van der Waals surface area contributed by atoms with Crippen LogP contribution in [-0.2, 0) is 18.6 Å². The number of hydrogen-bond donors (Lipinski definition) is 0. The quantitative estimate of drug-likeness (QED) is 0.222. The fourth-order valence-corrected chi connectivity index (χ4v) is 6.97. The smallest absolute Gasteiger partial charge is 0.267 e. The first-order valence-corrected chi connectivity index (χ1v) is 12.8. The first-order valence-electron chi connectivity index (χ1n) is 11.0. The second-order valence-corrected chi connectivity index (χ2v) is 10.2. The van der Waals surface area contributed by atoms with Gasteiger partial charge in [0, 0.05) is 10.6 Å². The van der Waals surface area contributed by atoms with Gasteiger partial charge in [-0.25, -0.2) is 4.98 Å². The summed E-state index contributed by atoms with van der Waals surface area (Å²) in [4.78, 5) is 21.1. The molecule has 0 saturated heterocycles. The molecule has 5 heteroatoms. The van der Waals surface area contributed by atoms with Crippen LogP contribution in [0.15, 0.2) is 82.7 Å². The lowest BCUT2D eigenvalue weighted by Gasteiger charge is -2.14. The first-order chi connectivity index (χ1) is 15.8. The summed E-state index contributed by atoms with van der Waals surface area (Å²) in [7, 11) is 0. The predicted octanol–water partition coefficient (Wildman–Crippen LogP) is 6.77. The van der Waals surface area contributed by atoms with E-state index in [1.165, 1.54) is 33.2 Å². The second kappa shape index (κ2) is 8.23. The summed E-state index contributed by atoms with van der Waals surface area (Å²) in [6.07, 6.45) is 4.42. The monoisotopic (exact) mass is 454 g/mol. The topological polar surface area (TPSA) is 34.9 Å². The van der Waals surface area contributed by atoms with Crippen LogP contribution in [0.5, 0.6) is 0 Å². The Hall–Kier alpha value is -2.89. The third-order valence-electron chi connectivity index (χ3n) is 6.21. The summed E-state index contributed by atoms with van der Waals surface area (Å²) in [5.74, 6) is 0.761. The Balaban J connectivity index is 1.50. The number of aryl methyl sites for hydroxylation is 2. The maximum absolute atomic E-state index is 13.8. The predicted molar refractivity (Wildman–Crippen MR) is 135 cm³/mol. The molecule has 1 aliphatic carbocycles. The van der Waals surface area contributed by atoms with E-state index >= 15 is 0 Å². The highest BCUT2D eigenvalue weighted by Gasteiger charge is 2.23. The van der Waals surface area contributed by atoms with Crippen molar-refractivity contribution in [2.45, 2.75) is 36.6 Å². The standard InChI is InChI=1S/C27H22N2OS2/c30-26-24-22-15-6-7-16-23(22)32-25(24)28-27(29(26)20-12-2-1-3-13-20)31-17-19-11-8-10-18-9-4-5-14-21(18)19/h1-5,8-14H,6-7,15-17H2. The summed E-state index contributed by atoms with van der Waals surface area (Å²) in [6, 6.07) is 24.8. The van der Waals surface area contributed by atoms with E-state index in [0.717, 1.165) is 46.1 Å². The molecule has 158 valence electrons. The van der Waals surface area contributed by atoms with E-state index in [-0.39, 0.29) is 5.56 Å². The molecule has 0 fully saturated rings. The number of aromatic nitrogens is 2. The van der Waals surface area contributed by atoms with Crippen molar-refractivity contribution in [1.29, 1.82) is 0 Å². The fraction of sp³-hybridized carbons (Fsp3) is 0.185. The van der Waals surface area contributed by atoms with Gasteiger partial charge in [-0.1, -0.05) is 72.4 Å². The SMILES string of the molecule is O=c1c2c3c(sc2nc(SCc2cccc4ccccc24)n1-c1ccccc1)CCCC3. The molecule has 0 radical (unpaired) electrons. The maximum Gasteiger partial charge on any atom is 0.267 e. The molecule has 0 spiro atoms. The molecule has 0 N–H and O–H groups in total. The molecule has 6 rings (SSSR count). The largest absolute Gasteiger partial charge is 0.268 e. The molecule has 3 nitrogen and oxygen atoms in total. The molecule has 2 aromatic heterocycles. The Morgan fingerprint density at radius 2 is 1.69 bits per heavy atom. The van der Waals surface area contributed by atoms with E-state index in [4.69, 9.17) is 4.98 Å². The van der Waals surface area contributed by atoms with E-state index in [0.29, 0.717) is 0 Å². The Morgan fingerprint density at radius 3 is 2.59 bits per heavy atom. The zero-order chi connectivity index (χ0) is 21.5. The number of hydrogen-bond acceptors (Lipinski definition) is 4. The molecule has 0 amide bonds. The van der Waals surface area contributed by atoms with Crippen molar-refractivity contribution in [2.75, 3.05) is 0 Å². The number of thioether (sulfide) groups is 1. The van der Waals surface area contributed by atoms with Crippen molar-refractivity contribution in [1.82, 2.24) is 9.55 Å². The molecule has 0 saturated carbocycles. The molecule has 0 aliphatic heterocycles.